The molecule has 29 heavy (non-hydrogen) atoms. The highest BCUT2D eigenvalue weighted by atomic mass is 35.5. The molecule has 150 valence electrons. The van der Waals surface area contributed by atoms with Crippen LogP contribution in [0, 0.1) is 6.92 Å². The monoisotopic (exact) mass is 432 g/mol. The summed E-state index contributed by atoms with van der Waals surface area (Å²) in [6.45, 7) is 1.87. The molecule has 0 atom stereocenters. The Morgan fingerprint density at radius 3 is 2.41 bits per heavy atom. The summed E-state index contributed by atoms with van der Waals surface area (Å²) in [5.74, 6) is -0.386. The third-order valence-electron chi connectivity index (χ3n) is 3.77. The zero-order valence-corrected chi connectivity index (χ0v) is 17.1. The number of nitrogens with one attached hydrogen (secondary N) is 1. The Labute approximate surface area is 172 Å². The van der Waals surface area contributed by atoms with Gasteiger partial charge < -0.3 is 4.18 Å². The molecule has 3 aromatic rings. The summed E-state index contributed by atoms with van der Waals surface area (Å²) in [4.78, 5) is 12.0. The standard InChI is InChI=1S/C19H17ClN4O4S/c1-13-3-9-16(10-4-13)29(26,27)28-15-7-5-14(6-8-15)11-21-22-19(25)18-17(20)12-24(2)23-18/h3-12H,1-2H3,(H,22,25)/b21-11+. The van der Waals surface area contributed by atoms with Crippen molar-refractivity contribution < 1.29 is 17.4 Å². The third-order valence-corrected chi connectivity index (χ3v) is 5.31. The van der Waals surface area contributed by atoms with Crippen molar-refractivity contribution in [2.24, 2.45) is 12.1 Å². The van der Waals surface area contributed by atoms with Gasteiger partial charge in [0.2, 0.25) is 0 Å². The first-order valence-corrected chi connectivity index (χ1v) is 10.2. The summed E-state index contributed by atoms with van der Waals surface area (Å²) in [6, 6.07) is 12.6. The number of carbonyl (C=O) groups is 1. The zero-order chi connectivity index (χ0) is 21.0. The van der Waals surface area contributed by atoms with E-state index in [0.717, 1.165) is 5.56 Å². The maximum Gasteiger partial charge on any atom is 0.339 e. The number of rotatable bonds is 6. The Morgan fingerprint density at radius 1 is 1.17 bits per heavy atom. The molecule has 0 aliphatic rings. The van der Waals surface area contributed by atoms with Crippen LogP contribution in [0.25, 0.3) is 0 Å². The second kappa shape index (κ2) is 8.46. The molecule has 3 rings (SSSR count). The van der Waals surface area contributed by atoms with Crippen LogP contribution in [0.1, 0.15) is 21.6 Å². The summed E-state index contributed by atoms with van der Waals surface area (Å²) in [5, 5.41) is 7.99. The van der Waals surface area contributed by atoms with Gasteiger partial charge in [0, 0.05) is 13.2 Å². The Balaban J connectivity index is 1.62. The largest absolute Gasteiger partial charge is 0.379 e. The number of halogens is 1. The van der Waals surface area contributed by atoms with Gasteiger partial charge in [0.05, 0.1) is 11.2 Å². The maximum atomic E-state index is 12.3. The highest BCUT2D eigenvalue weighted by Gasteiger charge is 2.16. The van der Waals surface area contributed by atoms with Crippen molar-refractivity contribution in [3.8, 4) is 5.75 Å². The van der Waals surface area contributed by atoms with E-state index in [0.29, 0.717) is 5.56 Å². The van der Waals surface area contributed by atoms with Crippen molar-refractivity contribution in [2.75, 3.05) is 0 Å². The summed E-state index contributed by atoms with van der Waals surface area (Å²) in [6.07, 6.45) is 2.90. The third kappa shape index (κ3) is 5.21. The van der Waals surface area contributed by atoms with Gasteiger partial charge in [-0.1, -0.05) is 29.3 Å². The molecule has 0 saturated heterocycles. The predicted octanol–water partition coefficient (Wildman–Crippen LogP) is 2.91. The van der Waals surface area contributed by atoms with Crippen molar-refractivity contribution in [1.82, 2.24) is 15.2 Å². The average Bonchev–Trinajstić information content (AvgIpc) is 3.01. The number of nitrogens with zero attached hydrogens (tertiary/aromatic N) is 3. The van der Waals surface area contributed by atoms with Crippen LogP contribution >= 0.6 is 11.6 Å². The molecule has 8 nitrogen and oxygen atoms in total. The molecule has 0 spiro atoms. The van der Waals surface area contributed by atoms with Crippen molar-refractivity contribution >= 4 is 33.8 Å². The van der Waals surface area contributed by atoms with Crippen LogP contribution in [0.2, 0.25) is 5.02 Å². The fourth-order valence-electron chi connectivity index (χ4n) is 2.32. The number of hydrogen-bond donors (Lipinski definition) is 1. The molecule has 0 aliphatic carbocycles. The lowest BCUT2D eigenvalue weighted by molar-refractivity contribution is 0.0949. The number of benzene rings is 2. The molecule has 0 saturated carbocycles. The van der Waals surface area contributed by atoms with Crippen LogP contribution in [0.5, 0.6) is 5.75 Å². The van der Waals surface area contributed by atoms with E-state index in [1.165, 1.54) is 41.4 Å². The lowest BCUT2D eigenvalue weighted by Crippen LogP contribution is -2.18. The van der Waals surface area contributed by atoms with Gasteiger partial charge in [0.15, 0.2) is 5.69 Å². The molecule has 10 heteroatoms. The quantitative estimate of drug-likeness (QED) is 0.366. The lowest BCUT2D eigenvalue weighted by Gasteiger charge is -2.07. The van der Waals surface area contributed by atoms with E-state index in [4.69, 9.17) is 15.8 Å². The molecule has 1 heterocycles. The predicted molar refractivity (Wildman–Crippen MR) is 109 cm³/mol. The van der Waals surface area contributed by atoms with E-state index in [2.05, 4.69) is 15.6 Å². The van der Waals surface area contributed by atoms with Gasteiger partial charge in [-0.05, 0) is 48.9 Å². The molecular formula is C19H17ClN4O4S. The van der Waals surface area contributed by atoms with E-state index in [1.54, 1.807) is 31.3 Å². The van der Waals surface area contributed by atoms with Crippen LogP contribution in [0.4, 0.5) is 0 Å². The number of aromatic nitrogens is 2. The number of aryl methyl sites for hydroxylation is 2. The highest BCUT2D eigenvalue weighted by Crippen LogP contribution is 2.19. The minimum absolute atomic E-state index is 0.0661. The Kier molecular flexibility index (Phi) is 6.00. The van der Waals surface area contributed by atoms with E-state index >= 15 is 0 Å². The molecule has 0 aliphatic heterocycles. The van der Waals surface area contributed by atoms with Crippen LogP contribution in [-0.2, 0) is 17.2 Å². The summed E-state index contributed by atoms with van der Waals surface area (Å²) in [5.41, 5.74) is 3.96. The van der Waals surface area contributed by atoms with Gasteiger partial charge in [-0.3, -0.25) is 9.48 Å². The minimum Gasteiger partial charge on any atom is -0.379 e. The van der Waals surface area contributed by atoms with E-state index in [9.17, 15) is 13.2 Å². The minimum atomic E-state index is -3.92. The Hall–Kier alpha value is -3.17. The first-order valence-electron chi connectivity index (χ1n) is 8.38. The number of carbonyl (C=O) groups excluding carboxylic acids is 1. The number of hydrazone groups is 1. The van der Waals surface area contributed by atoms with Gasteiger partial charge in [-0.25, -0.2) is 5.43 Å². The van der Waals surface area contributed by atoms with Gasteiger partial charge in [-0.2, -0.15) is 18.6 Å². The summed E-state index contributed by atoms with van der Waals surface area (Å²) >= 11 is 5.90. The molecule has 0 radical (unpaired) electrons. The average molecular weight is 433 g/mol. The molecule has 0 bridgehead atoms. The van der Waals surface area contributed by atoms with Crippen LogP contribution < -0.4 is 9.61 Å². The molecule has 2 aromatic carbocycles. The van der Waals surface area contributed by atoms with Gasteiger partial charge in [0.25, 0.3) is 5.91 Å². The first kappa shape index (κ1) is 20.6. The van der Waals surface area contributed by atoms with Crippen molar-refractivity contribution in [3.05, 3.63) is 76.6 Å². The normalized spacial score (nSPS) is 11.6. The summed E-state index contributed by atoms with van der Waals surface area (Å²) in [7, 11) is -2.27. The SMILES string of the molecule is Cc1ccc(S(=O)(=O)Oc2ccc(/C=N/NC(=O)c3nn(C)cc3Cl)cc2)cc1. The topological polar surface area (TPSA) is 103 Å². The van der Waals surface area contributed by atoms with Crippen LogP contribution in [0.3, 0.4) is 0 Å². The van der Waals surface area contributed by atoms with E-state index in [-0.39, 0.29) is 21.4 Å². The van der Waals surface area contributed by atoms with E-state index in [1.807, 2.05) is 6.92 Å². The molecule has 0 fully saturated rings. The van der Waals surface area contributed by atoms with Crippen LogP contribution in [-0.4, -0.2) is 30.3 Å². The second-order valence-corrected chi connectivity index (χ2v) is 8.07. The fourth-order valence-corrected chi connectivity index (χ4v) is 3.52. The first-order chi connectivity index (χ1) is 13.7. The molecule has 1 N–H and O–H groups in total. The number of hydrogen-bond acceptors (Lipinski definition) is 6. The van der Waals surface area contributed by atoms with Crippen molar-refractivity contribution in [2.45, 2.75) is 11.8 Å². The fraction of sp³-hybridized carbons (Fsp3) is 0.105. The zero-order valence-electron chi connectivity index (χ0n) is 15.5. The van der Waals surface area contributed by atoms with Gasteiger partial charge in [0.1, 0.15) is 10.6 Å². The van der Waals surface area contributed by atoms with Gasteiger partial charge >= 0.3 is 10.1 Å². The molecule has 1 amide bonds. The molecule has 1 aromatic heterocycles. The molecule has 0 unspecified atom stereocenters. The van der Waals surface area contributed by atoms with Gasteiger partial charge in [-0.15, -0.1) is 0 Å². The second-order valence-electron chi connectivity index (χ2n) is 6.12. The molecular weight excluding hydrogens is 416 g/mol. The highest BCUT2D eigenvalue weighted by molar-refractivity contribution is 7.87. The lowest BCUT2D eigenvalue weighted by atomic mass is 10.2. The Morgan fingerprint density at radius 2 is 1.83 bits per heavy atom. The van der Waals surface area contributed by atoms with Crippen LogP contribution in [0.15, 0.2) is 64.7 Å². The van der Waals surface area contributed by atoms with Crippen molar-refractivity contribution in [3.63, 3.8) is 0 Å². The van der Waals surface area contributed by atoms with E-state index < -0.39 is 16.0 Å². The smallest absolute Gasteiger partial charge is 0.339 e. The number of amides is 1. The Bertz CT molecular complexity index is 1150. The maximum absolute atomic E-state index is 12.3. The summed E-state index contributed by atoms with van der Waals surface area (Å²) < 4.78 is 31.1. The van der Waals surface area contributed by atoms with Crippen molar-refractivity contribution in [1.29, 1.82) is 0 Å².